The molecule has 2 aromatic carbocycles. The monoisotopic (exact) mass is 464 g/mol. The number of carbonyl (C=O) groups is 1. The van der Waals surface area contributed by atoms with Crippen molar-refractivity contribution in [2.45, 2.75) is 43.7 Å². The maximum atomic E-state index is 11.9. The zero-order valence-electron chi connectivity index (χ0n) is 17.9. The number of rotatable bonds is 6. The molecule has 2 aromatic rings. The highest BCUT2D eigenvalue weighted by atomic mass is 35.5. The van der Waals surface area contributed by atoms with Crippen LogP contribution >= 0.6 is 11.6 Å². The van der Waals surface area contributed by atoms with E-state index in [1.54, 1.807) is 6.07 Å². The van der Waals surface area contributed by atoms with E-state index in [1.807, 2.05) is 36.4 Å². The molecule has 0 saturated carbocycles. The van der Waals surface area contributed by atoms with E-state index in [4.69, 9.17) is 30.9 Å². The molecule has 2 heterocycles. The van der Waals surface area contributed by atoms with Gasteiger partial charge in [-0.25, -0.2) is 0 Å². The summed E-state index contributed by atoms with van der Waals surface area (Å²) >= 11 is 6.41. The Labute approximate surface area is 192 Å². The van der Waals surface area contributed by atoms with E-state index >= 15 is 0 Å². The summed E-state index contributed by atoms with van der Waals surface area (Å²) in [6.07, 6.45) is -0.818. The molecule has 0 spiro atoms. The van der Waals surface area contributed by atoms with E-state index in [2.05, 4.69) is 0 Å². The average Bonchev–Trinajstić information content (AvgIpc) is 3.33. The molecule has 3 N–H and O–H groups in total. The number of aliphatic hydroxyl groups is 3. The van der Waals surface area contributed by atoms with Crippen LogP contribution in [-0.4, -0.2) is 66.3 Å². The fourth-order valence-electron chi connectivity index (χ4n) is 3.84. The Hall–Kier alpha value is -2.00. The topological polar surface area (TPSA) is 105 Å². The van der Waals surface area contributed by atoms with Gasteiger partial charge in [0.05, 0.1) is 25.9 Å². The van der Waals surface area contributed by atoms with Crippen LogP contribution in [0.25, 0.3) is 0 Å². The lowest BCUT2D eigenvalue weighted by Gasteiger charge is -2.31. The van der Waals surface area contributed by atoms with Crippen molar-refractivity contribution < 1.29 is 34.3 Å². The van der Waals surface area contributed by atoms with E-state index in [0.717, 1.165) is 42.6 Å². The zero-order chi connectivity index (χ0) is 23.1. The van der Waals surface area contributed by atoms with E-state index in [1.165, 1.54) is 0 Å². The van der Waals surface area contributed by atoms with Crippen LogP contribution in [0.4, 0.5) is 0 Å². The van der Waals surface area contributed by atoms with Crippen molar-refractivity contribution in [2.75, 3.05) is 26.9 Å². The molecule has 0 aromatic heterocycles. The molecule has 174 valence electrons. The van der Waals surface area contributed by atoms with E-state index < -0.39 is 30.7 Å². The van der Waals surface area contributed by atoms with Crippen molar-refractivity contribution >= 4 is 17.4 Å². The number of ether oxygens (including phenoxy) is 3. The van der Waals surface area contributed by atoms with Gasteiger partial charge in [-0.1, -0.05) is 35.9 Å². The SMILES string of the molecule is CO.O=C1C(O)CC(c2ccc(Cl)c(Cc3ccc(OC4CCOC4)cc3)c2)OC1CO. The van der Waals surface area contributed by atoms with Crippen LogP contribution in [0.5, 0.6) is 5.75 Å². The number of hydrogen-bond acceptors (Lipinski definition) is 7. The summed E-state index contributed by atoms with van der Waals surface area (Å²) in [5.74, 6) is 0.341. The van der Waals surface area contributed by atoms with E-state index in [9.17, 15) is 15.0 Å². The van der Waals surface area contributed by atoms with Gasteiger partial charge >= 0.3 is 0 Å². The second kappa shape index (κ2) is 11.7. The number of benzene rings is 2. The average molecular weight is 465 g/mol. The first-order chi connectivity index (χ1) is 15.5. The van der Waals surface area contributed by atoms with E-state index in [0.29, 0.717) is 18.1 Å². The third-order valence-corrected chi connectivity index (χ3v) is 5.90. The van der Waals surface area contributed by atoms with Gasteiger partial charge in [0.2, 0.25) is 0 Å². The Morgan fingerprint density at radius 3 is 2.56 bits per heavy atom. The van der Waals surface area contributed by atoms with Gasteiger partial charge in [-0.05, 0) is 41.3 Å². The Kier molecular flexibility index (Phi) is 9.04. The van der Waals surface area contributed by atoms with Crippen LogP contribution in [0.3, 0.4) is 0 Å². The van der Waals surface area contributed by atoms with Crippen LogP contribution in [0.2, 0.25) is 5.02 Å². The van der Waals surface area contributed by atoms with Gasteiger partial charge < -0.3 is 29.5 Å². The van der Waals surface area contributed by atoms with Gasteiger partial charge in [0.1, 0.15) is 24.1 Å². The Balaban J connectivity index is 0.00000141. The molecule has 7 nitrogen and oxygen atoms in total. The van der Waals surface area contributed by atoms with Crippen molar-refractivity contribution in [3.8, 4) is 5.75 Å². The molecule has 2 aliphatic rings. The fraction of sp³-hybridized carbons (Fsp3) is 0.458. The van der Waals surface area contributed by atoms with Crippen molar-refractivity contribution in [1.29, 1.82) is 0 Å². The number of ketones is 1. The lowest BCUT2D eigenvalue weighted by atomic mass is 9.93. The van der Waals surface area contributed by atoms with Gasteiger partial charge in [-0.2, -0.15) is 0 Å². The molecular formula is C24H29ClO7. The minimum atomic E-state index is -1.14. The van der Waals surface area contributed by atoms with Crippen LogP contribution in [0.1, 0.15) is 35.6 Å². The van der Waals surface area contributed by atoms with Crippen molar-refractivity contribution in [3.63, 3.8) is 0 Å². The highest BCUT2D eigenvalue weighted by Gasteiger charge is 2.36. The largest absolute Gasteiger partial charge is 0.488 e. The second-order valence-electron chi connectivity index (χ2n) is 7.72. The first kappa shape index (κ1) is 24.6. The third kappa shape index (κ3) is 6.07. The molecule has 2 saturated heterocycles. The van der Waals surface area contributed by atoms with Gasteiger partial charge in [0.25, 0.3) is 0 Å². The summed E-state index contributed by atoms with van der Waals surface area (Å²) in [4.78, 5) is 11.9. The lowest BCUT2D eigenvalue weighted by Crippen LogP contribution is -2.43. The number of aliphatic hydroxyl groups excluding tert-OH is 3. The van der Waals surface area contributed by atoms with Crippen LogP contribution in [-0.2, 0) is 20.7 Å². The molecule has 8 heteroatoms. The summed E-state index contributed by atoms with van der Waals surface area (Å²) in [6.45, 7) is 0.922. The first-order valence-corrected chi connectivity index (χ1v) is 11.0. The van der Waals surface area contributed by atoms with Crippen molar-refractivity contribution in [2.24, 2.45) is 0 Å². The molecule has 0 aliphatic carbocycles. The van der Waals surface area contributed by atoms with Crippen molar-refractivity contribution in [1.82, 2.24) is 0 Å². The summed E-state index contributed by atoms with van der Waals surface area (Å²) < 4.78 is 16.9. The zero-order valence-corrected chi connectivity index (χ0v) is 18.7. The lowest BCUT2D eigenvalue weighted by molar-refractivity contribution is -0.161. The van der Waals surface area contributed by atoms with Crippen LogP contribution < -0.4 is 4.74 Å². The standard InChI is InChI=1S/C23H25ClO6.CH4O/c24-19-6-3-15(21-11-20(26)23(27)22(12-25)30-21)10-16(19)9-14-1-4-17(5-2-14)29-18-7-8-28-13-18;1-2/h1-6,10,18,20-22,25-26H,7-9,11-13H2;2H,1H3. The Morgan fingerprint density at radius 1 is 1.16 bits per heavy atom. The van der Waals surface area contributed by atoms with Crippen LogP contribution in [0.15, 0.2) is 42.5 Å². The summed E-state index contributed by atoms with van der Waals surface area (Å²) in [7, 11) is 1.00. The summed E-state index contributed by atoms with van der Waals surface area (Å²) in [5.41, 5.74) is 2.82. The second-order valence-corrected chi connectivity index (χ2v) is 8.13. The fourth-order valence-corrected chi connectivity index (χ4v) is 4.02. The molecule has 4 rings (SSSR count). The first-order valence-electron chi connectivity index (χ1n) is 10.6. The van der Waals surface area contributed by atoms with Crippen LogP contribution in [0, 0.1) is 0 Å². The normalized spacial score (nSPS) is 25.2. The Morgan fingerprint density at radius 2 is 1.91 bits per heavy atom. The van der Waals surface area contributed by atoms with Crippen molar-refractivity contribution in [3.05, 3.63) is 64.2 Å². The smallest absolute Gasteiger partial charge is 0.192 e. The summed E-state index contributed by atoms with van der Waals surface area (Å²) in [6, 6.07) is 13.5. The number of halogens is 1. The molecule has 4 atom stereocenters. The molecule has 0 bridgehead atoms. The van der Waals surface area contributed by atoms with Gasteiger partial charge in [0.15, 0.2) is 5.78 Å². The molecule has 2 aliphatic heterocycles. The van der Waals surface area contributed by atoms with E-state index in [-0.39, 0.29) is 12.5 Å². The molecule has 0 radical (unpaired) electrons. The molecular weight excluding hydrogens is 436 g/mol. The molecule has 2 fully saturated rings. The minimum Gasteiger partial charge on any atom is -0.488 e. The van der Waals surface area contributed by atoms with Gasteiger partial charge in [-0.15, -0.1) is 0 Å². The Bertz CT molecular complexity index is 880. The quantitative estimate of drug-likeness (QED) is 0.603. The van der Waals surface area contributed by atoms with Gasteiger partial charge in [0, 0.05) is 25.0 Å². The molecule has 32 heavy (non-hydrogen) atoms. The predicted molar refractivity (Wildman–Crippen MR) is 119 cm³/mol. The number of hydrogen-bond donors (Lipinski definition) is 3. The number of Topliss-reactive ketones (excluding diaryl/α,β-unsaturated/α-hetero) is 1. The highest BCUT2D eigenvalue weighted by molar-refractivity contribution is 6.31. The third-order valence-electron chi connectivity index (χ3n) is 5.53. The predicted octanol–water partition coefficient (Wildman–Crippen LogP) is 2.46. The minimum absolute atomic E-state index is 0.113. The maximum Gasteiger partial charge on any atom is 0.192 e. The molecule has 4 unspecified atom stereocenters. The summed E-state index contributed by atoms with van der Waals surface area (Å²) in [5, 5.41) is 27.0. The highest BCUT2D eigenvalue weighted by Crippen LogP contribution is 2.33. The van der Waals surface area contributed by atoms with Gasteiger partial charge in [-0.3, -0.25) is 4.79 Å². The number of carbonyl (C=O) groups excluding carboxylic acids is 1. The molecule has 0 amide bonds. The maximum absolute atomic E-state index is 11.9.